The maximum absolute atomic E-state index is 13.5. The maximum Gasteiger partial charge on any atom is 0.126 e. The van der Waals surface area contributed by atoms with Crippen LogP contribution >= 0.6 is 0 Å². The number of furan rings is 1. The van der Waals surface area contributed by atoms with Crippen LogP contribution in [0, 0.1) is 24.9 Å². The number of hydrogen-bond donors (Lipinski definition) is 0. The summed E-state index contributed by atoms with van der Waals surface area (Å²) in [6.07, 6.45) is 3.85. The van der Waals surface area contributed by atoms with Gasteiger partial charge in [0, 0.05) is 49.4 Å². The van der Waals surface area contributed by atoms with Crippen molar-refractivity contribution in [3.8, 4) is 22.5 Å². The number of rotatable bonds is 5. The minimum absolute atomic E-state index is 0. The van der Waals surface area contributed by atoms with Gasteiger partial charge < -0.3 is 14.4 Å². The largest absolute Gasteiger partial charge is 0.500 e. The van der Waals surface area contributed by atoms with Crippen LogP contribution in [0.5, 0.6) is 0 Å². The molecule has 47 heavy (non-hydrogen) atoms. The van der Waals surface area contributed by atoms with Crippen molar-refractivity contribution in [3.05, 3.63) is 150 Å². The predicted octanol–water partition coefficient (Wildman–Crippen LogP) is 10.3. The van der Waals surface area contributed by atoms with Crippen molar-refractivity contribution in [1.82, 2.24) is 9.97 Å². The molecule has 0 bridgehead atoms. The first-order valence-electron chi connectivity index (χ1n) is 15.5. The quantitative estimate of drug-likeness (QED) is 0.128. The average Bonchev–Trinajstić information content (AvgIpc) is 3.43. The van der Waals surface area contributed by atoms with E-state index in [0.717, 1.165) is 33.3 Å². The summed E-state index contributed by atoms with van der Waals surface area (Å²) >= 11 is 0. The van der Waals surface area contributed by atoms with E-state index >= 15 is 0 Å². The zero-order chi connectivity index (χ0) is 32.5. The summed E-state index contributed by atoms with van der Waals surface area (Å²) in [6, 6.07) is 40.2. The fourth-order valence-corrected chi connectivity index (χ4v) is 6.58. The molecular weight excluding hydrogens is 776 g/mol. The zero-order valence-electron chi connectivity index (χ0n) is 27.5. The Morgan fingerprint density at radius 1 is 0.766 bits per heavy atom. The number of aryl methyl sites for hydroxylation is 1. The molecule has 7 rings (SSSR count). The number of hydrogen-bond acceptors (Lipinski definition) is 3. The van der Waals surface area contributed by atoms with Crippen molar-refractivity contribution >= 4 is 35.2 Å². The third-order valence-corrected chi connectivity index (χ3v) is 10.5. The Hall–Kier alpha value is -4.22. The molecule has 7 aromatic rings. The number of pyridine rings is 2. The van der Waals surface area contributed by atoms with E-state index in [4.69, 9.17) is 4.42 Å². The average molecular weight is 813 g/mol. The van der Waals surface area contributed by atoms with Crippen LogP contribution in [0.3, 0.4) is 0 Å². The number of benzene rings is 4. The first-order valence-corrected chi connectivity index (χ1v) is 19.0. The monoisotopic (exact) mass is 813 g/mol. The van der Waals surface area contributed by atoms with E-state index in [9.17, 15) is 4.39 Å². The summed E-state index contributed by atoms with van der Waals surface area (Å²) in [5.74, 6) is -0.301. The van der Waals surface area contributed by atoms with Gasteiger partial charge in [-0.15, -0.1) is 53.6 Å². The van der Waals surface area contributed by atoms with E-state index in [-0.39, 0.29) is 31.3 Å². The zero-order valence-corrected chi connectivity index (χ0v) is 30.9. The first-order chi connectivity index (χ1) is 22.0. The van der Waals surface area contributed by atoms with Gasteiger partial charge >= 0.3 is 0 Å². The second-order valence-electron chi connectivity index (χ2n) is 13.2. The van der Waals surface area contributed by atoms with Crippen molar-refractivity contribution in [2.24, 2.45) is 0 Å². The fraction of sp³-hybridized carbons (Fsp3) is 0.171. The van der Waals surface area contributed by atoms with Gasteiger partial charge in [0.25, 0.3) is 0 Å². The van der Waals surface area contributed by atoms with Crippen molar-refractivity contribution in [1.29, 1.82) is 0 Å². The van der Waals surface area contributed by atoms with Crippen LogP contribution in [0.4, 0.5) is 4.39 Å². The van der Waals surface area contributed by atoms with Crippen molar-refractivity contribution in [2.75, 3.05) is 0 Å². The number of halogens is 1. The standard InChI is InChI=1S/C21H20N.C20H17FNOSi.Ir/c1-16-9-11-17(12-10-16)20-15-19(13-14-22-20)21(2,3)18-7-5-4-6-8-18;1-24(2,3)14-8-10-18(22-12-14)17-6-4-5-16-15-9-7-13(21)11-19(15)23-20(16)17;/h4-11,13-15H,1-3H3;4-5,7-12H,1-3H3;/q2*-1;. The topological polar surface area (TPSA) is 38.9 Å². The molecule has 0 unspecified atom stereocenters. The molecule has 3 nitrogen and oxygen atoms in total. The second kappa shape index (κ2) is 13.9. The first kappa shape index (κ1) is 34.1. The molecule has 3 heterocycles. The van der Waals surface area contributed by atoms with Crippen LogP contribution in [0.15, 0.2) is 120 Å². The third-order valence-electron chi connectivity index (χ3n) is 8.50. The van der Waals surface area contributed by atoms with E-state index in [2.05, 4.69) is 123 Å². The van der Waals surface area contributed by atoms with Crippen molar-refractivity contribution < 1.29 is 28.9 Å². The molecular formula is C41H37FIrN2OSi-2. The molecule has 4 aromatic carbocycles. The molecule has 0 amide bonds. The van der Waals surface area contributed by atoms with Crippen molar-refractivity contribution in [2.45, 2.75) is 45.8 Å². The Bertz CT molecular complexity index is 2120. The Labute approximate surface area is 291 Å². The minimum atomic E-state index is -1.38. The predicted molar refractivity (Wildman–Crippen MR) is 191 cm³/mol. The molecule has 0 spiro atoms. The summed E-state index contributed by atoms with van der Waals surface area (Å²) in [6.45, 7) is 13.5. The molecule has 1 radical (unpaired) electrons. The molecule has 0 atom stereocenters. The molecule has 0 aliphatic rings. The Morgan fingerprint density at radius 3 is 2.23 bits per heavy atom. The normalized spacial score (nSPS) is 11.6. The van der Waals surface area contributed by atoms with Crippen LogP contribution in [0.2, 0.25) is 19.6 Å². The molecule has 239 valence electrons. The van der Waals surface area contributed by atoms with Gasteiger partial charge in [0.2, 0.25) is 0 Å². The Balaban J connectivity index is 0.000000181. The van der Waals surface area contributed by atoms with Crippen LogP contribution in [0.1, 0.15) is 30.5 Å². The molecule has 0 fully saturated rings. The SMILES string of the molecule is C[Si](C)(C)c1ccc(-c2[c-]ccc3c2oc2cc(F)ccc23)nc1.Cc1c[c-]c(-c2cc(C(C)(C)c3ccccc3)ccn2)cc1.[Ir]. The number of fused-ring (bicyclic) bond motifs is 3. The van der Waals surface area contributed by atoms with Gasteiger partial charge in [-0.2, -0.15) is 0 Å². The Kier molecular flexibility index (Phi) is 10.1. The minimum Gasteiger partial charge on any atom is -0.500 e. The molecule has 0 aliphatic carbocycles. The molecule has 0 aliphatic heterocycles. The van der Waals surface area contributed by atoms with Crippen molar-refractivity contribution in [3.63, 3.8) is 0 Å². The van der Waals surface area contributed by atoms with Gasteiger partial charge in [-0.05, 0) is 45.9 Å². The van der Waals surface area contributed by atoms with E-state index in [1.54, 1.807) is 6.07 Å². The molecule has 6 heteroatoms. The van der Waals surface area contributed by atoms with Gasteiger partial charge in [-0.1, -0.05) is 99.9 Å². The smallest absolute Gasteiger partial charge is 0.126 e. The van der Waals surface area contributed by atoms with Gasteiger partial charge in [-0.3, -0.25) is 0 Å². The van der Waals surface area contributed by atoms with E-state index in [1.165, 1.54) is 34.0 Å². The summed E-state index contributed by atoms with van der Waals surface area (Å²) in [7, 11) is -1.38. The second-order valence-corrected chi connectivity index (χ2v) is 18.3. The molecule has 0 saturated carbocycles. The third kappa shape index (κ3) is 7.36. The van der Waals surface area contributed by atoms with Gasteiger partial charge in [0.05, 0.1) is 13.7 Å². The van der Waals surface area contributed by atoms with E-state index in [0.29, 0.717) is 11.2 Å². The molecule has 0 N–H and O–H groups in total. The van der Waals surface area contributed by atoms with Crippen LogP contribution in [0.25, 0.3) is 44.5 Å². The number of aromatic nitrogens is 2. The fourth-order valence-electron chi connectivity index (χ4n) is 5.54. The van der Waals surface area contributed by atoms with E-state index < -0.39 is 8.07 Å². The van der Waals surface area contributed by atoms with Gasteiger partial charge in [0.15, 0.2) is 0 Å². The Morgan fingerprint density at radius 2 is 1.55 bits per heavy atom. The van der Waals surface area contributed by atoms with Crippen LogP contribution < -0.4 is 5.19 Å². The number of nitrogens with zero attached hydrogens (tertiary/aromatic N) is 2. The summed E-state index contributed by atoms with van der Waals surface area (Å²) in [5, 5.41) is 3.17. The van der Waals surface area contributed by atoms with Gasteiger partial charge in [0.1, 0.15) is 11.4 Å². The van der Waals surface area contributed by atoms with Crippen LogP contribution in [-0.4, -0.2) is 18.0 Å². The van der Waals surface area contributed by atoms with Crippen LogP contribution in [-0.2, 0) is 25.5 Å². The van der Waals surface area contributed by atoms with Gasteiger partial charge in [-0.25, -0.2) is 4.39 Å². The molecule has 0 saturated heterocycles. The summed E-state index contributed by atoms with van der Waals surface area (Å²) in [4.78, 5) is 9.14. The summed E-state index contributed by atoms with van der Waals surface area (Å²) in [5.41, 5.74) is 8.62. The molecule has 3 aromatic heterocycles. The maximum atomic E-state index is 13.5. The summed E-state index contributed by atoms with van der Waals surface area (Å²) < 4.78 is 19.4. The van der Waals surface area contributed by atoms with E-state index in [1.807, 2.05) is 36.7 Å².